The molecule has 0 heterocycles. The molecule has 1 amide bonds. The fourth-order valence-corrected chi connectivity index (χ4v) is 1.66. The third-order valence-corrected chi connectivity index (χ3v) is 2.70. The van der Waals surface area contributed by atoms with Crippen LogP contribution >= 0.6 is 0 Å². The van der Waals surface area contributed by atoms with Crippen molar-refractivity contribution in [1.29, 1.82) is 0 Å². The van der Waals surface area contributed by atoms with E-state index in [2.05, 4.69) is 0 Å². The molecule has 5 nitrogen and oxygen atoms in total. The molecule has 0 aromatic rings. The summed E-state index contributed by atoms with van der Waals surface area (Å²) in [7, 11) is 0. The molecule has 0 unspecified atom stereocenters. The molecule has 1 aliphatic rings. The van der Waals surface area contributed by atoms with Gasteiger partial charge < -0.3 is 15.1 Å². The van der Waals surface area contributed by atoms with Crippen LogP contribution in [0, 0.1) is 11.8 Å². The summed E-state index contributed by atoms with van der Waals surface area (Å²) in [6.07, 6.45) is 1.01. The zero-order valence-electron chi connectivity index (χ0n) is 8.85. The zero-order valence-corrected chi connectivity index (χ0v) is 8.85. The number of amides is 1. The first-order valence-corrected chi connectivity index (χ1v) is 5.24. The molecule has 0 aromatic carbocycles. The Morgan fingerprint density at radius 3 is 2.47 bits per heavy atom. The maximum atomic E-state index is 11.7. The highest BCUT2D eigenvalue weighted by molar-refractivity contribution is 5.89. The van der Waals surface area contributed by atoms with E-state index in [4.69, 9.17) is 10.2 Å². The highest BCUT2D eigenvalue weighted by Gasteiger charge is 2.49. The van der Waals surface area contributed by atoms with Gasteiger partial charge in [0.05, 0.1) is 11.8 Å². The summed E-state index contributed by atoms with van der Waals surface area (Å²) in [6, 6.07) is 0. The minimum atomic E-state index is -0.883. The molecule has 0 spiro atoms. The van der Waals surface area contributed by atoms with E-state index < -0.39 is 11.9 Å². The number of carboxylic acids is 1. The number of hydrogen-bond acceptors (Lipinski definition) is 3. The van der Waals surface area contributed by atoms with Gasteiger partial charge in [0.1, 0.15) is 0 Å². The second kappa shape index (κ2) is 5.11. The molecular weight excluding hydrogens is 198 g/mol. The number of carbonyl (C=O) groups excluding carboxylic acids is 1. The van der Waals surface area contributed by atoms with E-state index in [1.165, 1.54) is 0 Å². The van der Waals surface area contributed by atoms with Crippen LogP contribution in [-0.4, -0.2) is 46.7 Å². The molecule has 86 valence electrons. The zero-order chi connectivity index (χ0) is 11.4. The van der Waals surface area contributed by atoms with Crippen LogP contribution in [0.1, 0.15) is 19.8 Å². The van der Waals surface area contributed by atoms with Crippen molar-refractivity contribution in [3.05, 3.63) is 0 Å². The van der Waals surface area contributed by atoms with Gasteiger partial charge in [0.25, 0.3) is 0 Å². The van der Waals surface area contributed by atoms with Crippen LogP contribution in [0.4, 0.5) is 0 Å². The molecule has 1 aliphatic carbocycles. The normalized spacial score (nSPS) is 23.6. The summed E-state index contributed by atoms with van der Waals surface area (Å²) in [5.41, 5.74) is 0. The predicted octanol–water partition coefficient (Wildman–Crippen LogP) is -0.0620. The summed E-state index contributed by atoms with van der Waals surface area (Å²) in [6.45, 7) is 2.99. The van der Waals surface area contributed by atoms with E-state index in [-0.39, 0.29) is 18.4 Å². The van der Waals surface area contributed by atoms with Crippen molar-refractivity contribution < 1.29 is 19.8 Å². The van der Waals surface area contributed by atoms with Crippen molar-refractivity contribution in [2.24, 2.45) is 11.8 Å². The Labute approximate surface area is 88.7 Å². The number of rotatable bonds is 6. The van der Waals surface area contributed by atoms with Crippen molar-refractivity contribution in [2.75, 3.05) is 19.7 Å². The molecule has 0 aliphatic heterocycles. The molecule has 2 atom stereocenters. The van der Waals surface area contributed by atoms with E-state index in [1.54, 1.807) is 4.90 Å². The Bertz CT molecular complexity index is 254. The summed E-state index contributed by atoms with van der Waals surface area (Å²) in [5.74, 6) is -1.79. The molecular formula is C10H17NO4. The van der Waals surface area contributed by atoms with Crippen LogP contribution < -0.4 is 0 Å². The van der Waals surface area contributed by atoms with Crippen LogP contribution in [-0.2, 0) is 9.59 Å². The molecule has 0 bridgehead atoms. The largest absolute Gasteiger partial charge is 0.481 e. The summed E-state index contributed by atoms with van der Waals surface area (Å²) < 4.78 is 0. The summed E-state index contributed by atoms with van der Waals surface area (Å²) >= 11 is 0. The van der Waals surface area contributed by atoms with E-state index in [0.29, 0.717) is 25.9 Å². The Hall–Kier alpha value is -1.10. The third kappa shape index (κ3) is 2.92. The van der Waals surface area contributed by atoms with E-state index in [0.717, 1.165) is 0 Å². The maximum absolute atomic E-state index is 11.7. The summed E-state index contributed by atoms with van der Waals surface area (Å²) in [5, 5.41) is 17.3. The molecule has 0 aromatic heterocycles. The Morgan fingerprint density at radius 1 is 1.40 bits per heavy atom. The van der Waals surface area contributed by atoms with E-state index >= 15 is 0 Å². The van der Waals surface area contributed by atoms with Crippen molar-refractivity contribution in [3.8, 4) is 0 Å². The number of aliphatic carboxylic acids is 1. The fraction of sp³-hybridized carbons (Fsp3) is 0.800. The lowest BCUT2D eigenvalue weighted by Gasteiger charge is -2.20. The predicted molar refractivity (Wildman–Crippen MR) is 53.2 cm³/mol. The van der Waals surface area contributed by atoms with Gasteiger partial charge in [0.15, 0.2) is 0 Å². The molecule has 15 heavy (non-hydrogen) atoms. The first kappa shape index (κ1) is 12.0. The SMILES string of the molecule is CCN(CCCO)C(=O)[C@@H]1C[C@@H]1C(=O)O. The monoisotopic (exact) mass is 215 g/mol. The van der Waals surface area contributed by atoms with Gasteiger partial charge in [-0.25, -0.2) is 0 Å². The molecule has 1 saturated carbocycles. The number of carboxylic acid groups (broad SMARTS) is 1. The molecule has 1 rings (SSSR count). The quantitative estimate of drug-likeness (QED) is 0.650. The Morgan fingerprint density at radius 2 is 2.07 bits per heavy atom. The van der Waals surface area contributed by atoms with Gasteiger partial charge in [-0.2, -0.15) is 0 Å². The maximum Gasteiger partial charge on any atom is 0.307 e. The molecule has 0 radical (unpaired) electrons. The van der Waals surface area contributed by atoms with E-state index in [9.17, 15) is 9.59 Å². The van der Waals surface area contributed by atoms with Gasteiger partial charge >= 0.3 is 5.97 Å². The minimum Gasteiger partial charge on any atom is -0.481 e. The number of aliphatic hydroxyl groups is 1. The number of hydrogen-bond donors (Lipinski definition) is 2. The molecule has 5 heteroatoms. The smallest absolute Gasteiger partial charge is 0.307 e. The van der Waals surface area contributed by atoms with E-state index in [1.807, 2.05) is 6.92 Å². The second-order valence-electron chi connectivity index (χ2n) is 3.78. The van der Waals surface area contributed by atoms with Crippen molar-refractivity contribution >= 4 is 11.9 Å². The van der Waals surface area contributed by atoms with Gasteiger partial charge in [-0.3, -0.25) is 9.59 Å². The van der Waals surface area contributed by atoms with Gasteiger partial charge in [-0.1, -0.05) is 0 Å². The standard InChI is InChI=1S/C10H17NO4/c1-2-11(4-3-5-12)9(13)7-6-8(7)10(14)15/h7-8,12H,2-6H2,1H3,(H,14,15)/t7-,8+/m1/s1. The average Bonchev–Trinajstić information content (AvgIpc) is 2.98. The highest BCUT2D eigenvalue weighted by Crippen LogP contribution is 2.40. The van der Waals surface area contributed by atoms with Crippen molar-refractivity contribution in [2.45, 2.75) is 19.8 Å². The molecule has 2 N–H and O–H groups in total. The minimum absolute atomic E-state index is 0.0524. The number of nitrogens with zero attached hydrogens (tertiary/aromatic N) is 1. The van der Waals surface area contributed by atoms with Crippen LogP contribution in [0.5, 0.6) is 0 Å². The average molecular weight is 215 g/mol. The Kier molecular flexibility index (Phi) is 4.08. The molecule has 1 fully saturated rings. The topological polar surface area (TPSA) is 77.8 Å². The van der Waals surface area contributed by atoms with Crippen molar-refractivity contribution in [1.82, 2.24) is 4.90 Å². The van der Waals surface area contributed by atoms with Gasteiger partial charge in [0.2, 0.25) is 5.91 Å². The second-order valence-corrected chi connectivity index (χ2v) is 3.78. The van der Waals surface area contributed by atoms with Crippen LogP contribution in [0.25, 0.3) is 0 Å². The lowest BCUT2D eigenvalue weighted by atomic mass is 10.2. The first-order valence-electron chi connectivity index (χ1n) is 5.24. The highest BCUT2D eigenvalue weighted by atomic mass is 16.4. The van der Waals surface area contributed by atoms with Crippen molar-refractivity contribution in [3.63, 3.8) is 0 Å². The lowest BCUT2D eigenvalue weighted by Crippen LogP contribution is -2.34. The third-order valence-electron chi connectivity index (χ3n) is 2.70. The first-order chi connectivity index (χ1) is 7.11. The lowest BCUT2D eigenvalue weighted by molar-refractivity contribution is -0.142. The Balaban J connectivity index is 2.41. The van der Waals surface area contributed by atoms with Crippen LogP contribution in [0.3, 0.4) is 0 Å². The van der Waals surface area contributed by atoms with Crippen LogP contribution in [0.2, 0.25) is 0 Å². The van der Waals surface area contributed by atoms with Gasteiger partial charge in [-0.15, -0.1) is 0 Å². The number of carbonyl (C=O) groups is 2. The summed E-state index contributed by atoms with van der Waals surface area (Å²) in [4.78, 5) is 23.9. The molecule has 0 saturated heterocycles. The number of aliphatic hydroxyl groups excluding tert-OH is 1. The van der Waals surface area contributed by atoms with Crippen LogP contribution in [0.15, 0.2) is 0 Å². The fourth-order valence-electron chi connectivity index (χ4n) is 1.66. The van der Waals surface area contributed by atoms with Gasteiger partial charge in [0, 0.05) is 19.7 Å². The van der Waals surface area contributed by atoms with Gasteiger partial charge in [-0.05, 0) is 19.8 Å².